The van der Waals surface area contributed by atoms with E-state index in [9.17, 15) is 4.79 Å². The van der Waals surface area contributed by atoms with Crippen LogP contribution in [-0.4, -0.2) is 40.2 Å². The van der Waals surface area contributed by atoms with Gasteiger partial charge in [0.1, 0.15) is 6.10 Å². The Balaban J connectivity index is 1.64. The molecule has 22 heavy (non-hydrogen) atoms. The number of nitrogens with zero attached hydrogens (tertiary/aromatic N) is 3. The van der Waals surface area contributed by atoms with Gasteiger partial charge in [-0.15, -0.1) is 0 Å². The van der Waals surface area contributed by atoms with Gasteiger partial charge in [0, 0.05) is 12.5 Å². The number of hydrogen-bond donors (Lipinski definition) is 0. The molecule has 0 N–H and O–H groups in total. The van der Waals surface area contributed by atoms with Crippen LogP contribution in [0.5, 0.6) is 0 Å². The first-order valence-electron chi connectivity index (χ1n) is 8.32. The van der Waals surface area contributed by atoms with Crippen LogP contribution in [0.4, 0.5) is 0 Å². The number of carbonyl (C=O) groups is 1. The Hall–Kier alpha value is -1.43. The number of likely N-dealkylation sites (tertiary alicyclic amines) is 1. The minimum absolute atomic E-state index is 0.0408. The lowest BCUT2D eigenvalue weighted by molar-refractivity contribution is -0.144. The van der Waals surface area contributed by atoms with E-state index in [4.69, 9.17) is 9.26 Å². The zero-order valence-corrected chi connectivity index (χ0v) is 13.6. The number of amides is 1. The van der Waals surface area contributed by atoms with Crippen LogP contribution in [0.3, 0.4) is 0 Å². The van der Waals surface area contributed by atoms with Gasteiger partial charge in [0.05, 0.1) is 12.6 Å². The topological polar surface area (TPSA) is 68.5 Å². The van der Waals surface area contributed by atoms with E-state index in [1.807, 2.05) is 25.7 Å². The van der Waals surface area contributed by atoms with E-state index in [1.54, 1.807) is 0 Å². The molecule has 2 aliphatic rings. The highest BCUT2D eigenvalue weighted by Gasteiger charge is 2.36. The molecule has 0 bridgehead atoms. The van der Waals surface area contributed by atoms with Crippen molar-refractivity contribution in [2.75, 3.05) is 13.2 Å². The minimum Gasteiger partial charge on any atom is -0.368 e. The zero-order valence-electron chi connectivity index (χ0n) is 13.6. The van der Waals surface area contributed by atoms with Crippen LogP contribution in [0.2, 0.25) is 0 Å². The Labute approximate surface area is 131 Å². The van der Waals surface area contributed by atoms with Crippen LogP contribution in [0.25, 0.3) is 0 Å². The summed E-state index contributed by atoms with van der Waals surface area (Å²) >= 11 is 0. The van der Waals surface area contributed by atoms with Crippen molar-refractivity contribution in [1.29, 1.82) is 0 Å². The quantitative estimate of drug-likeness (QED) is 0.808. The van der Waals surface area contributed by atoms with E-state index in [0.717, 1.165) is 19.4 Å². The molecule has 6 nitrogen and oxygen atoms in total. The Bertz CT molecular complexity index is 524. The van der Waals surface area contributed by atoms with Gasteiger partial charge in [0.2, 0.25) is 5.89 Å². The third-order valence-corrected chi connectivity index (χ3v) is 4.41. The second kappa shape index (κ2) is 6.36. The van der Waals surface area contributed by atoms with Crippen LogP contribution in [-0.2, 0) is 9.53 Å². The van der Waals surface area contributed by atoms with Crippen molar-refractivity contribution in [1.82, 2.24) is 15.0 Å². The monoisotopic (exact) mass is 307 g/mol. The largest absolute Gasteiger partial charge is 0.368 e. The van der Waals surface area contributed by atoms with Crippen LogP contribution in [0.1, 0.15) is 70.1 Å². The van der Waals surface area contributed by atoms with E-state index in [2.05, 4.69) is 10.1 Å². The minimum atomic E-state index is -0.391. The molecule has 0 aromatic carbocycles. The van der Waals surface area contributed by atoms with Crippen molar-refractivity contribution in [2.45, 2.75) is 64.5 Å². The van der Waals surface area contributed by atoms with Crippen molar-refractivity contribution in [3.8, 4) is 0 Å². The van der Waals surface area contributed by atoms with E-state index in [-0.39, 0.29) is 17.9 Å². The second-order valence-electron chi connectivity index (χ2n) is 6.75. The van der Waals surface area contributed by atoms with Crippen LogP contribution < -0.4 is 0 Å². The first-order chi connectivity index (χ1) is 10.6. The van der Waals surface area contributed by atoms with Crippen molar-refractivity contribution < 1.29 is 14.1 Å². The molecule has 0 spiro atoms. The third kappa shape index (κ3) is 3.32. The maximum Gasteiger partial charge on any atom is 0.252 e. The van der Waals surface area contributed by atoms with Crippen LogP contribution in [0, 0.1) is 5.92 Å². The molecule has 3 rings (SSSR count). The first-order valence-corrected chi connectivity index (χ1v) is 8.32. The molecule has 1 aliphatic carbocycles. The maximum absolute atomic E-state index is 12.6. The fraction of sp³-hybridized carbons (Fsp3) is 0.812. The third-order valence-electron chi connectivity index (χ3n) is 4.41. The highest BCUT2D eigenvalue weighted by Crippen LogP contribution is 2.32. The van der Waals surface area contributed by atoms with E-state index < -0.39 is 6.10 Å². The van der Waals surface area contributed by atoms with E-state index >= 15 is 0 Å². The molecule has 1 aromatic heterocycles. The SMILES string of the molecule is CC(C)c1nc([C@@H]2CCCN2C(=O)[C@H](C)OCC2CC2)no1. The van der Waals surface area contributed by atoms with Gasteiger partial charge in [-0.25, -0.2) is 0 Å². The summed E-state index contributed by atoms with van der Waals surface area (Å²) in [5.41, 5.74) is 0. The molecule has 0 radical (unpaired) electrons. The molecule has 1 saturated carbocycles. The van der Waals surface area contributed by atoms with E-state index in [0.29, 0.717) is 24.2 Å². The average molecular weight is 307 g/mol. The molecule has 2 fully saturated rings. The number of carbonyl (C=O) groups excluding carboxylic acids is 1. The zero-order chi connectivity index (χ0) is 15.7. The van der Waals surface area contributed by atoms with Crippen LogP contribution >= 0.6 is 0 Å². The Morgan fingerprint density at radius 2 is 2.14 bits per heavy atom. The van der Waals surface area contributed by atoms with Crippen molar-refractivity contribution in [3.05, 3.63) is 11.7 Å². The van der Waals surface area contributed by atoms with Crippen LogP contribution in [0.15, 0.2) is 4.52 Å². The Kier molecular flexibility index (Phi) is 4.47. The molecule has 1 aromatic rings. The van der Waals surface area contributed by atoms with Gasteiger partial charge in [-0.1, -0.05) is 19.0 Å². The lowest BCUT2D eigenvalue weighted by Crippen LogP contribution is -2.39. The molecule has 0 unspecified atom stereocenters. The second-order valence-corrected chi connectivity index (χ2v) is 6.75. The lowest BCUT2D eigenvalue weighted by atomic mass is 10.2. The normalized spacial score (nSPS) is 23.3. The highest BCUT2D eigenvalue weighted by atomic mass is 16.5. The Morgan fingerprint density at radius 1 is 1.36 bits per heavy atom. The molecule has 1 saturated heterocycles. The maximum atomic E-state index is 12.6. The fourth-order valence-electron chi connectivity index (χ4n) is 2.79. The predicted octanol–water partition coefficient (Wildman–Crippen LogP) is 2.67. The molecular formula is C16H25N3O3. The molecule has 2 atom stereocenters. The van der Waals surface area contributed by atoms with Gasteiger partial charge in [0.25, 0.3) is 5.91 Å². The summed E-state index contributed by atoms with van der Waals surface area (Å²) in [5.74, 6) is 2.17. The van der Waals surface area contributed by atoms with Gasteiger partial charge in [0.15, 0.2) is 5.82 Å². The number of hydrogen-bond acceptors (Lipinski definition) is 5. The summed E-state index contributed by atoms with van der Waals surface area (Å²) in [6, 6.07) is -0.0734. The molecular weight excluding hydrogens is 282 g/mol. The first kappa shape index (κ1) is 15.5. The molecule has 6 heteroatoms. The van der Waals surface area contributed by atoms with Gasteiger partial charge in [-0.2, -0.15) is 4.98 Å². The average Bonchev–Trinajstić information content (AvgIpc) is 3.01. The molecule has 122 valence electrons. The number of ether oxygens (including phenoxy) is 1. The number of aromatic nitrogens is 2. The van der Waals surface area contributed by atoms with E-state index in [1.165, 1.54) is 12.8 Å². The van der Waals surface area contributed by atoms with Gasteiger partial charge in [-0.3, -0.25) is 4.79 Å². The molecule has 1 aliphatic heterocycles. The van der Waals surface area contributed by atoms with Crippen molar-refractivity contribution >= 4 is 5.91 Å². The smallest absolute Gasteiger partial charge is 0.252 e. The highest BCUT2D eigenvalue weighted by molar-refractivity contribution is 5.81. The van der Waals surface area contributed by atoms with Gasteiger partial charge < -0.3 is 14.2 Å². The summed E-state index contributed by atoms with van der Waals surface area (Å²) in [4.78, 5) is 18.9. The number of rotatable bonds is 6. The Morgan fingerprint density at radius 3 is 2.77 bits per heavy atom. The summed E-state index contributed by atoms with van der Waals surface area (Å²) in [5, 5.41) is 4.07. The fourth-order valence-corrected chi connectivity index (χ4v) is 2.79. The lowest BCUT2D eigenvalue weighted by Gasteiger charge is -2.25. The summed E-state index contributed by atoms with van der Waals surface area (Å²) in [6.45, 7) is 7.32. The predicted molar refractivity (Wildman–Crippen MR) is 80.2 cm³/mol. The van der Waals surface area contributed by atoms with Gasteiger partial charge >= 0.3 is 0 Å². The van der Waals surface area contributed by atoms with Gasteiger partial charge in [-0.05, 0) is 38.5 Å². The summed E-state index contributed by atoms with van der Waals surface area (Å²) in [6.07, 6.45) is 3.93. The van der Waals surface area contributed by atoms with Crippen molar-refractivity contribution in [3.63, 3.8) is 0 Å². The standard InChI is InChI=1S/C16H25N3O3/c1-10(2)15-17-14(18-22-15)13-5-4-8-19(13)16(20)11(3)21-9-12-6-7-12/h10-13H,4-9H2,1-3H3/t11-,13-/m0/s1. The summed E-state index contributed by atoms with van der Waals surface area (Å²) < 4.78 is 11.0. The molecule has 2 heterocycles. The summed E-state index contributed by atoms with van der Waals surface area (Å²) in [7, 11) is 0. The molecule has 1 amide bonds. The van der Waals surface area contributed by atoms with Crippen molar-refractivity contribution in [2.24, 2.45) is 5.92 Å².